The van der Waals surface area contributed by atoms with Crippen molar-refractivity contribution in [3.05, 3.63) is 21.1 Å². The van der Waals surface area contributed by atoms with Gasteiger partial charge in [-0.3, -0.25) is 4.79 Å². The summed E-state index contributed by atoms with van der Waals surface area (Å²) in [4.78, 5) is 17.7. The minimum atomic E-state index is -0.210. The van der Waals surface area contributed by atoms with Gasteiger partial charge in [0.1, 0.15) is 5.01 Å². The number of aromatic nitrogens is 3. The monoisotopic (exact) mass is 325 g/mol. The fourth-order valence-corrected chi connectivity index (χ4v) is 3.16. The zero-order valence-corrected chi connectivity index (χ0v) is 14.0. The van der Waals surface area contributed by atoms with E-state index in [0.29, 0.717) is 10.1 Å². The van der Waals surface area contributed by atoms with Crippen LogP contribution in [0.5, 0.6) is 0 Å². The molecule has 0 fully saturated rings. The number of thiazole rings is 1. The predicted octanol–water partition coefficient (Wildman–Crippen LogP) is 2.87. The van der Waals surface area contributed by atoms with Gasteiger partial charge in [-0.15, -0.1) is 21.5 Å². The molecule has 114 valence electrons. The van der Waals surface area contributed by atoms with Crippen LogP contribution in [0.4, 0.5) is 5.13 Å². The van der Waals surface area contributed by atoms with Gasteiger partial charge in [-0.2, -0.15) is 0 Å². The number of nitrogens with one attached hydrogen (secondary N) is 2. The number of nitrogens with zero attached hydrogens (tertiary/aromatic N) is 3. The maximum atomic E-state index is 12.1. The molecule has 21 heavy (non-hydrogen) atoms. The first-order chi connectivity index (χ1) is 10.1. The molecule has 0 spiro atoms. The van der Waals surface area contributed by atoms with E-state index in [9.17, 15) is 4.79 Å². The topological polar surface area (TPSA) is 79.8 Å². The molecule has 2 aromatic rings. The van der Waals surface area contributed by atoms with E-state index in [1.165, 1.54) is 16.2 Å². The largest absolute Gasteiger partial charge is 0.360 e. The highest BCUT2D eigenvalue weighted by Gasteiger charge is 2.17. The molecule has 8 heteroatoms. The summed E-state index contributed by atoms with van der Waals surface area (Å²) in [7, 11) is 0. The van der Waals surface area contributed by atoms with Crippen LogP contribution in [0.3, 0.4) is 0 Å². The number of anilines is 1. The standard InChI is InChI=1S/C13H19N5OS2/c1-4-6-14-13-18-17-12(21-13)10(19)16-8(3)11-15-7-9(5-2)20-11/h7-8H,4-6H2,1-3H3,(H,14,18)(H,16,19). The number of amides is 1. The minimum Gasteiger partial charge on any atom is -0.360 e. The Hall–Kier alpha value is -1.54. The molecule has 0 aliphatic carbocycles. The van der Waals surface area contributed by atoms with E-state index in [1.54, 1.807) is 11.3 Å². The van der Waals surface area contributed by atoms with E-state index < -0.39 is 0 Å². The first-order valence-corrected chi connectivity index (χ1v) is 8.60. The Morgan fingerprint density at radius 3 is 2.81 bits per heavy atom. The van der Waals surface area contributed by atoms with Gasteiger partial charge in [-0.1, -0.05) is 25.2 Å². The Kier molecular flexibility index (Phi) is 5.63. The highest BCUT2D eigenvalue weighted by atomic mass is 32.1. The van der Waals surface area contributed by atoms with Crippen molar-refractivity contribution in [1.82, 2.24) is 20.5 Å². The van der Waals surface area contributed by atoms with Crippen LogP contribution in [-0.4, -0.2) is 27.6 Å². The van der Waals surface area contributed by atoms with E-state index in [1.807, 2.05) is 13.1 Å². The lowest BCUT2D eigenvalue weighted by Gasteiger charge is -2.09. The SMILES string of the molecule is CCCNc1nnc(C(=O)NC(C)c2ncc(CC)s2)s1. The smallest absolute Gasteiger partial charge is 0.282 e. The molecule has 0 saturated heterocycles. The molecule has 2 N–H and O–H groups in total. The maximum Gasteiger partial charge on any atom is 0.282 e. The van der Waals surface area contributed by atoms with Crippen molar-refractivity contribution < 1.29 is 4.79 Å². The second kappa shape index (κ2) is 7.46. The molecule has 1 unspecified atom stereocenters. The number of aryl methyl sites for hydroxylation is 1. The second-order valence-corrected chi connectivity index (χ2v) is 6.68. The third-order valence-electron chi connectivity index (χ3n) is 2.78. The van der Waals surface area contributed by atoms with Crippen molar-refractivity contribution in [2.45, 2.75) is 39.7 Å². The summed E-state index contributed by atoms with van der Waals surface area (Å²) < 4.78 is 0. The summed E-state index contributed by atoms with van der Waals surface area (Å²) in [5.74, 6) is -0.210. The summed E-state index contributed by atoms with van der Waals surface area (Å²) in [6, 6.07) is -0.126. The highest BCUT2D eigenvalue weighted by molar-refractivity contribution is 7.17. The van der Waals surface area contributed by atoms with Crippen LogP contribution >= 0.6 is 22.7 Å². The normalized spacial score (nSPS) is 12.1. The zero-order valence-electron chi connectivity index (χ0n) is 12.3. The minimum absolute atomic E-state index is 0.126. The molecule has 2 rings (SSSR count). The highest BCUT2D eigenvalue weighted by Crippen LogP contribution is 2.21. The molecule has 0 aliphatic heterocycles. The first kappa shape index (κ1) is 15.8. The molecule has 2 heterocycles. The number of carbonyl (C=O) groups is 1. The van der Waals surface area contributed by atoms with E-state index in [4.69, 9.17) is 0 Å². The van der Waals surface area contributed by atoms with Gasteiger partial charge in [0.2, 0.25) is 10.1 Å². The van der Waals surface area contributed by atoms with Crippen molar-refractivity contribution in [3.8, 4) is 0 Å². The van der Waals surface area contributed by atoms with Gasteiger partial charge in [0.25, 0.3) is 5.91 Å². The van der Waals surface area contributed by atoms with Crippen molar-refractivity contribution in [3.63, 3.8) is 0 Å². The lowest BCUT2D eigenvalue weighted by molar-refractivity contribution is 0.0938. The predicted molar refractivity (Wildman–Crippen MR) is 86.1 cm³/mol. The Labute approximate surface area is 132 Å². The summed E-state index contributed by atoms with van der Waals surface area (Å²) in [6.07, 6.45) is 3.82. The molecular formula is C13H19N5OS2. The average molecular weight is 325 g/mol. The Morgan fingerprint density at radius 1 is 1.33 bits per heavy atom. The quantitative estimate of drug-likeness (QED) is 0.818. The molecule has 0 bridgehead atoms. The Morgan fingerprint density at radius 2 is 2.14 bits per heavy atom. The maximum absolute atomic E-state index is 12.1. The lowest BCUT2D eigenvalue weighted by Crippen LogP contribution is -2.26. The molecule has 1 amide bonds. The van der Waals surface area contributed by atoms with Gasteiger partial charge in [0, 0.05) is 17.6 Å². The van der Waals surface area contributed by atoms with Gasteiger partial charge in [0.05, 0.1) is 6.04 Å². The molecule has 0 aliphatic rings. The average Bonchev–Trinajstić information content (AvgIpc) is 3.14. The first-order valence-electron chi connectivity index (χ1n) is 6.96. The summed E-state index contributed by atoms with van der Waals surface area (Å²) >= 11 is 2.89. The summed E-state index contributed by atoms with van der Waals surface area (Å²) in [5, 5.41) is 15.9. The number of hydrogen-bond acceptors (Lipinski definition) is 7. The third kappa shape index (κ3) is 4.21. The van der Waals surface area contributed by atoms with Gasteiger partial charge in [-0.25, -0.2) is 4.98 Å². The van der Waals surface area contributed by atoms with E-state index in [0.717, 1.165) is 24.4 Å². The molecule has 2 aromatic heterocycles. The van der Waals surface area contributed by atoms with Crippen molar-refractivity contribution in [2.24, 2.45) is 0 Å². The van der Waals surface area contributed by atoms with Crippen LogP contribution < -0.4 is 10.6 Å². The number of rotatable bonds is 7. The molecule has 0 saturated carbocycles. The summed E-state index contributed by atoms with van der Waals surface area (Å²) in [5.41, 5.74) is 0. The molecule has 6 nitrogen and oxygen atoms in total. The van der Waals surface area contributed by atoms with Crippen LogP contribution in [0.1, 0.15) is 52.9 Å². The Balaban J connectivity index is 1.95. The summed E-state index contributed by atoms with van der Waals surface area (Å²) in [6.45, 7) is 6.91. The van der Waals surface area contributed by atoms with E-state index >= 15 is 0 Å². The van der Waals surface area contributed by atoms with Crippen LogP contribution in [0, 0.1) is 0 Å². The van der Waals surface area contributed by atoms with Gasteiger partial charge < -0.3 is 10.6 Å². The number of hydrogen-bond donors (Lipinski definition) is 2. The van der Waals surface area contributed by atoms with Gasteiger partial charge >= 0.3 is 0 Å². The molecular weight excluding hydrogens is 306 g/mol. The fraction of sp³-hybridized carbons (Fsp3) is 0.538. The zero-order chi connectivity index (χ0) is 15.2. The van der Waals surface area contributed by atoms with Crippen molar-refractivity contribution in [1.29, 1.82) is 0 Å². The third-order valence-corrected chi connectivity index (χ3v) is 4.99. The van der Waals surface area contributed by atoms with Gasteiger partial charge in [0.15, 0.2) is 0 Å². The molecule has 1 atom stereocenters. The van der Waals surface area contributed by atoms with E-state index in [-0.39, 0.29) is 11.9 Å². The van der Waals surface area contributed by atoms with Gasteiger partial charge in [-0.05, 0) is 19.8 Å². The van der Waals surface area contributed by atoms with Crippen molar-refractivity contribution >= 4 is 33.7 Å². The van der Waals surface area contributed by atoms with Crippen LogP contribution in [0.25, 0.3) is 0 Å². The van der Waals surface area contributed by atoms with E-state index in [2.05, 4.69) is 39.7 Å². The molecule has 0 radical (unpaired) electrons. The second-order valence-electron chi connectivity index (χ2n) is 4.55. The number of carbonyl (C=O) groups excluding carboxylic acids is 1. The van der Waals surface area contributed by atoms with Crippen LogP contribution in [0.2, 0.25) is 0 Å². The van der Waals surface area contributed by atoms with Crippen molar-refractivity contribution in [2.75, 3.05) is 11.9 Å². The van der Waals surface area contributed by atoms with Crippen LogP contribution in [-0.2, 0) is 6.42 Å². The fourth-order valence-electron chi connectivity index (χ4n) is 1.62. The lowest BCUT2D eigenvalue weighted by atomic mass is 10.3. The van der Waals surface area contributed by atoms with Crippen LogP contribution in [0.15, 0.2) is 6.20 Å². The molecule has 0 aromatic carbocycles. The Bertz CT molecular complexity index is 595.